The van der Waals surface area contributed by atoms with Crippen molar-refractivity contribution in [2.45, 2.75) is 25.3 Å². The molecule has 18 heavy (non-hydrogen) atoms. The van der Waals surface area contributed by atoms with Crippen LogP contribution in [-0.2, 0) is 4.79 Å². The summed E-state index contributed by atoms with van der Waals surface area (Å²) in [5.74, 6) is -1.53. The molecule has 2 rings (SSSR count). The molecule has 0 aromatic carbocycles. The van der Waals surface area contributed by atoms with E-state index in [1.807, 2.05) is 0 Å². The summed E-state index contributed by atoms with van der Waals surface area (Å²) in [5.41, 5.74) is -0.0463. The number of aromatic nitrogens is 1. The van der Waals surface area contributed by atoms with E-state index in [-0.39, 0.29) is 29.0 Å². The Morgan fingerprint density at radius 2 is 2.17 bits per heavy atom. The highest BCUT2D eigenvalue weighted by molar-refractivity contribution is 5.94. The number of H-pyrrole nitrogens is 1. The van der Waals surface area contributed by atoms with E-state index in [4.69, 9.17) is 5.11 Å². The zero-order valence-corrected chi connectivity index (χ0v) is 9.68. The van der Waals surface area contributed by atoms with Crippen LogP contribution in [0.3, 0.4) is 0 Å². The molecular weight excluding hydrogens is 236 g/mol. The first-order valence-electron chi connectivity index (χ1n) is 5.78. The first kappa shape index (κ1) is 12.3. The predicted octanol–water partition coefficient (Wildman–Crippen LogP) is 0.358. The molecule has 1 fully saturated rings. The van der Waals surface area contributed by atoms with Gasteiger partial charge in [-0.1, -0.05) is 0 Å². The van der Waals surface area contributed by atoms with Crippen LogP contribution in [0.4, 0.5) is 0 Å². The van der Waals surface area contributed by atoms with Gasteiger partial charge in [-0.2, -0.15) is 0 Å². The monoisotopic (exact) mass is 250 g/mol. The Bertz CT molecular complexity index is 523. The van der Waals surface area contributed by atoms with Crippen LogP contribution in [0.1, 0.15) is 29.6 Å². The smallest absolute Gasteiger partial charge is 0.306 e. The average molecular weight is 250 g/mol. The molecule has 1 aliphatic rings. The number of pyridine rings is 1. The molecule has 96 valence electrons. The molecule has 1 aromatic rings. The third-order valence-corrected chi connectivity index (χ3v) is 3.15. The van der Waals surface area contributed by atoms with Crippen LogP contribution in [0, 0.1) is 5.92 Å². The minimum absolute atomic E-state index is 0.127. The average Bonchev–Trinajstić information content (AvgIpc) is 2.77. The van der Waals surface area contributed by atoms with Crippen molar-refractivity contribution >= 4 is 11.9 Å². The van der Waals surface area contributed by atoms with Gasteiger partial charge in [0, 0.05) is 23.9 Å². The number of carbonyl (C=O) groups is 2. The van der Waals surface area contributed by atoms with E-state index < -0.39 is 5.97 Å². The second-order valence-electron chi connectivity index (χ2n) is 4.46. The van der Waals surface area contributed by atoms with Gasteiger partial charge in [-0.3, -0.25) is 14.4 Å². The van der Waals surface area contributed by atoms with Gasteiger partial charge in [0.25, 0.3) is 5.91 Å². The van der Waals surface area contributed by atoms with Crippen LogP contribution in [-0.4, -0.2) is 28.0 Å². The Balaban J connectivity index is 1.97. The van der Waals surface area contributed by atoms with E-state index >= 15 is 0 Å². The molecule has 0 bridgehead atoms. The maximum absolute atomic E-state index is 11.8. The van der Waals surface area contributed by atoms with Gasteiger partial charge in [0.15, 0.2) is 0 Å². The van der Waals surface area contributed by atoms with Gasteiger partial charge in [0.2, 0.25) is 5.56 Å². The normalized spacial score (nSPS) is 22.7. The Labute approximate surface area is 103 Å². The summed E-state index contributed by atoms with van der Waals surface area (Å²) in [6.07, 6.45) is 3.10. The van der Waals surface area contributed by atoms with Crippen molar-refractivity contribution in [2.75, 3.05) is 0 Å². The Morgan fingerprint density at radius 3 is 2.78 bits per heavy atom. The summed E-state index contributed by atoms with van der Waals surface area (Å²) >= 11 is 0. The third-order valence-electron chi connectivity index (χ3n) is 3.15. The number of carbonyl (C=O) groups excluding carboxylic acids is 1. The predicted molar refractivity (Wildman–Crippen MR) is 63.3 cm³/mol. The summed E-state index contributed by atoms with van der Waals surface area (Å²) in [6, 6.07) is 2.61. The maximum Gasteiger partial charge on any atom is 0.306 e. The van der Waals surface area contributed by atoms with E-state index in [1.165, 1.54) is 18.3 Å². The van der Waals surface area contributed by atoms with Crippen molar-refractivity contribution in [1.29, 1.82) is 0 Å². The second kappa shape index (κ2) is 5.03. The standard InChI is InChI=1S/C12H14N2O4/c15-10-6-7(3-4-13-10)11(16)14-9-2-1-8(5-9)12(17)18/h3-4,6,8-9H,1-2,5H2,(H,13,15)(H,14,16)(H,17,18). The Hall–Kier alpha value is -2.11. The minimum Gasteiger partial charge on any atom is -0.481 e. The molecule has 1 amide bonds. The Kier molecular flexibility index (Phi) is 3.45. The summed E-state index contributed by atoms with van der Waals surface area (Å²) in [7, 11) is 0. The van der Waals surface area contributed by atoms with Crippen LogP contribution >= 0.6 is 0 Å². The summed E-state index contributed by atoms with van der Waals surface area (Å²) in [6.45, 7) is 0. The van der Waals surface area contributed by atoms with Gasteiger partial charge in [-0.15, -0.1) is 0 Å². The molecule has 0 saturated heterocycles. The molecule has 3 N–H and O–H groups in total. The van der Waals surface area contributed by atoms with Crippen molar-refractivity contribution in [1.82, 2.24) is 10.3 Å². The number of hydrogen-bond acceptors (Lipinski definition) is 3. The lowest BCUT2D eigenvalue weighted by molar-refractivity contribution is -0.141. The largest absolute Gasteiger partial charge is 0.481 e. The molecule has 6 heteroatoms. The van der Waals surface area contributed by atoms with Gasteiger partial charge >= 0.3 is 5.97 Å². The highest BCUT2D eigenvalue weighted by Crippen LogP contribution is 2.25. The molecule has 1 heterocycles. The fourth-order valence-electron chi connectivity index (χ4n) is 2.19. The summed E-state index contributed by atoms with van der Waals surface area (Å²) < 4.78 is 0. The summed E-state index contributed by atoms with van der Waals surface area (Å²) in [4.78, 5) is 36.1. The number of carboxylic acids is 1. The highest BCUT2D eigenvalue weighted by atomic mass is 16.4. The third kappa shape index (κ3) is 2.77. The number of aromatic amines is 1. The quantitative estimate of drug-likeness (QED) is 0.721. The SMILES string of the molecule is O=C(NC1CCC(C(=O)O)C1)c1cc[nH]c(=O)c1. The van der Waals surface area contributed by atoms with Crippen LogP contribution < -0.4 is 10.9 Å². The van der Waals surface area contributed by atoms with Crippen LogP contribution in [0.25, 0.3) is 0 Å². The van der Waals surface area contributed by atoms with Crippen molar-refractivity contribution in [3.05, 3.63) is 34.2 Å². The number of rotatable bonds is 3. The zero-order chi connectivity index (χ0) is 13.1. The Morgan fingerprint density at radius 1 is 1.39 bits per heavy atom. The van der Waals surface area contributed by atoms with E-state index in [9.17, 15) is 14.4 Å². The second-order valence-corrected chi connectivity index (χ2v) is 4.46. The van der Waals surface area contributed by atoms with E-state index in [2.05, 4.69) is 10.3 Å². The van der Waals surface area contributed by atoms with E-state index in [0.29, 0.717) is 19.3 Å². The molecule has 0 aliphatic heterocycles. The lowest BCUT2D eigenvalue weighted by Gasteiger charge is -2.12. The lowest BCUT2D eigenvalue weighted by Crippen LogP contribution is -2.33. The molecule has 0 radical (unpaired) electrons. The van der Waals surface area contributed by atoms with E-state index in [1.54, 1.807) is 0 Å². The fourth-order valence-corrected chi connectivity index (χ4v) is 2.19. The zero-order valence-electron chi connectivity index (χ0n) is 9.68. The number of hydrogen-bond donors (Lipinski definition) is 3. The van der Waals surface area contributed by atoms with Gasteiger partial charge < -0.3 is 15.4 Å². The lowest BCUT2D eigenvalue weighted by atomic mass is 10.1. The fraction of sp³-hybridized carbons (Fsp3) is 0.417. The molecular formula is C12H14N2O4. The number of nitrogens with one attached hydrogen (secondary N) is 2. The maximum atomic E-state index is 11.8. The van der Waals surface area contributed by atoms with Crippen molar-refractivity contribution in [2.24, 2.45) is 5.92 Å². The highest BCUT2D eigenvalue weighted by Gasteiger charge is 2.30. The molecule has 1 aliphatic carbocycles. The number of aliphatic carboxylic acids is 1. The number of amides is 1. The number of carboxylic acid groups (broad SMARTS) is 1. The molecule has 6 nitrogen and oxygen atoms in total. The van der Waals surface area contributed by atoms with Gasteiger partial charge in [-0.25, -0.2) is 0 Å². The first-order valence-corrected chi connectivity index (χ1v) is 5.78. The van der Waals surface area contributed by atoms with Gasteiger partial charge in [-0.05, 0) is 25.3 Å². The van der Waals surface area contributed by atoms with Crippen molar-refractivity contribution < 1.29 is 14.7 Å². The molecule has 1 saturated carbocycles. The van der Waals surface area contributed by atoms with Crippen molar-refractivity contribution in [3.8, 4) is 0 Å². The van der Waals surface area contributed by atoms with Gasteiger partial charge in [0.1, 0.15) is 0 Å². The van der Waals surface area contributed by atoms with Crippen LogP contribution in [0.2, 0.25) is 0 Å². The van der Waals surface area contributed by atoms with Crippen molar-refractivity contribution in [3.63, 3.8) is 0 Å². The topological polar surface area (TPSA) is 99.3 Å². The van der Waals surface area contributed by atoms with Crippen LogP contribution in [0.5, 0.6) is 0 Å². The molecule has 0 spiro atoms. The molecule has 2 atom stereocenters. The van der Waals surface area contributed by atoms with Crippen LogP contribution in [0.15, 0.2) is 23.1 Å². The minimum atomic E-state index is -0.817. The molecule has 1 aromatic heterocycles. The molecule has 2 unspecified atom stereocenters. The first-order chi connectivity index (χ1) is 8.56. The van der Waals surface area contributed by atoms with Gasteiger partial charge in [0.05, 0.1) is 5.92 Å². The van der Waals surface area contributed by atoms with E-state index in [0.717, 1.165) is 0 Å². The summed E-state index contributed by atoms with van der Waals surface area (Å²) in [5, 5.41) is 11.6.